The lowest BCUT2D eigenvalue weighted by Crippen LogP contribution is -1.89. The predicted molar refractivity (Wildman–Crippen MR) is 57.4 cm³/mol. The van der Waals surface area contributed by atoms with Crippen molar-refractivity contribution in [1.82, 2.24) is 4.57 Å². The van der Waals surface area contributed by atoms with E-state index < -0.39 is 0 Å². The molecule has 0 aliphatic carbocycles. The highest BCUT2D eigenvalue weighted by Crippen LogP contribution is 2.20. The highest BCUT2D eigenvalue weighted by atomic mass is 15.0. The second-order valence-corrected chi connectivity index (χ2v) is 3.24. The molecular weight excluding hydrogens is 160 g/mol. The average molecular weight is 172 g/mol. The van der Waals surface area contributed by atoms with Crippen LogP contribution in [-0.4, -0.2) is 4.57 Å². The highest BCUT2D eigenvalue weighted by Gasteiger charge is 2.00. The number of nitrogens with two attached hydrogens (primary N) is 1. The zero-order chi connectivity index (χ0) is 9.42. The minimum absolute atomic E-state index is 0.798. The van der Waals surface area contributed by atoms with E-state index in [1.54, 1.807) is 0 Å². The van der Waals surface area contributed by atoms with Gasteiger partial charge in [-0.2, -0.15) is 0 Å². The Labute approximate surface area is 77.3 Å². The number of hydrogen-bond donors (Lipinski definition) is 1. The van der Waals surface area contributed by atoms with Crippen molar-refractivity contribution >= 4 is 22.3 Å². The van der Waals surface area contributed by atoms with E-state index in [0.29, 0.717) is 0 Å². The molecule has 2 nitrogen and oxygen atoms in total. The molecule has 0 saturated carbocycles. The Morgan fingerprint density at radius 2 is 2.15 bits per heavy atom. The van der Waals surface area contributed by atoms with Gasteiger partial charge in [0, 0.05) is 23.0 Å². The number of hydrogen-bond acceptors (Lipinski definition) is 1. The van der Waals surface area contributed by atoms with Gasteiger partial charge in [0.15, 0.2) is 0 Å². The van der Waals surface area contributed by atoms with Crippen LogP contribution in [0.4, 0.5) is 5.69 Å². The van der Waals surface area contributed by atoms with Gasteiger partial charge in [0.05, 0.1) is 5.52 Å². The Hall–Kier alpha value is -1.70. The molecule has 0 spiro atoms. The molecule has 66 valence electrons. The summed E-state index contributed by atoms with van der Waals surface area (Å²) in [5, 5.41) is 1.16. The Morgan fingerprint density at radius 1 is 1.38 bits per heavy atom. The number of allylic oxidation sites excluding steroid dienone is 1. The first-order valence-corrected chi connectivity index (χ1v) is 4.21. The van der Waals surface area contributed by atoms with Crippen molar-refractivity contribution in [2.24, 2.45) is 0 Å². The molecule has 0 amide bonds. The number of aromatic nitrogens is 1. The van der Waals surface area contributed by atoms with Crippen LogP contribution in [0.5, 0.6) is 0 Å². The van der Waals surface area contributed by atoms with Gasteiger partial charge in [-0.3, -0.25) is 0 Å². The SMILES string of the molecule is C=C(C)n1ccc2cc(N)ccc21. The summed E-state index contributed by atoms with van der Waals surface area (Å²) in [5.74, 6) is 0. The minimum Gasteiger partial charge on any atom is -0.399 e. The van der Waals surface area contributed by atoms with Crippen molar-refractivity contribution in [2.45, 2.75) is 6.92 Å². The molecule has 2 N–H and O–H groups in total. The lowest BCUT2D eigenvalue weighted by atomic mass is 10.2. The molecular formula is C11H12N2. The maximum Gasteiger partial charge on any atom is 0.0526 e. The number of fused-ring (bicyclic) bond motifs is 1. The van der Waals surface area contributed by atoms with E-state index >= 15 is 0 Å². The first-order chi connectivity index (χ1) is 6.18. The van der Waals surface area contributed by atoms with Gasteiger partial charge in [-0.15, -0.1) is 0 Å². The van der Waals surface area contributed by atoms with Gasteiger partial charge in [0.1, 0.15) is 0 Å². The summed E-state index contributed by atoms with van der Waals surface area (Å²) in [6.45, 7) is 5.88. The van der Waals surface area contributed by atoms with Crippen LogP contribution in [0.3, 0.4) is 0 Å². The van der Waals surface area contributed by atoms with Crippen LogP contribution in [0.25, 0.3) is 16.6 Å². The summed E-state index contributed by atoms with van der Waals surface area (Å²) >= 11 is 0. The molecule has 2 aromatic rings. The van der Waals surface area contributed by atoms with Crippen LogP contribution in [-0.2, 0) is 0 Å². The van der Waals surface area contributed by atoms with E-state index in [9.17, 15) is 0 Å². The van der Waals surface area contributed by atoms with Crippen molar-refractivity contribution in [3.8, 4) is 0 Å². The van der Waals surface area contributed by atoms with Crippen molar-refractivity contribution in [3.63, 3.8) is 0 Å². The Bertz CT molecular complexity index is 466. The third kappa shape index (κ3) is 1.20. The fourth-order valence-electron chi connectivity index (χ4n) is 1.49. The van der Waals surface area contributed by atoms with Crippen LogP contribution in [0.2, 0.25) is 0 Å². The number of rotatable bonds is 1. The summed E-state index contributed by atoms with van der Waals surface area (Å²) in [5.41, 5.74) is 8.64. The van der Waals surface area contributed by atoms with E-state index in [-0.39, 0.29) is 0 Å². The second-order valence-electron chi connectivity index (χ2n) is 3.24. The number of nitrogen functional groups attached to an aromatic ring is 1. The quantitative estimate of drug-likeness (QED) is 0.659. The molecule has 1 aromatic carbocycles. The largest absolute Gasteiger partial charge is 0.399 e. The van der Waals surface area contributed by atoms with Crippen LogP contribution < -0.4 is 5.73 Å². The second kappa shape index (κ2) is 2.66. The third-order valence-electron chi connectivity index (χ3n) is 2.13. The van der Waals surface area contributed by atoms with Crippen LogP contribution in [0.1, 0.15) is 6.92 Å². The normalized spacial score (nSPS) is 10.5. The molecule has 0 unspecified atom stereocenters. The summed E-state index contributed by atoms with van der Waals surface area (Å²) in [7, 11) is 0. The van der Waals surface area contributed by atoms with Crippen LogP contribution >= 0.6 is 0 Å². The Balaban J connectivity index is 2.76. The Kier molecular flexibility index (Phi) is 1.62. The smallest absolute Gasteiger partial charge is 0.0526 e. The zero-order valence-corrected chi connectivity index (χ0v) is 7.62. The number of benzene rings is 1. The molecule has 0 fully saturated rings. The fraction of sp³-hybridized carbons (Fsp3) is 0.0909. The Morgan fingerprint density at radius 3 is 2.85 bits per heavy atom. The van der Waals surface area contributed by atoms with Crippen molar-refractivity contribution in [3.05, 3.63) is 37.0 Å². The van der Waals surface area contributed by atoms with E-state index in [1.807, 2.05) is 37.4 Å². The van der Waals surface area contributed by atoms with Gasteiger partial charge < -0.3 is 10.3 Å². The molecule has 13 heavy (non-hydrogen) atoms. The fourth-order valence-corrected chi connectivity index (χ4v) is 1.49. The molecule has 0 bridgehead atoms. The summed E-state index contributed by atoms with van der Waals surface area (Å²) in [6.07, 6.45) is 2.01. The highest BCUT2D eigenvalue weighted by molar-refractivity contribution is 5.85. The molecule has 0 atom stereocenters. The minimum atomic E-state index is 0.798. The third-order valence-corrected chi connectivity index (χ3v) is 2.13. The topological polar surface area (TPSA) is 30.9 Å². The van der Waals surface area contributed by atoms with Gasteiger partial charge >= 0.3 is 0 Å². The first kappa shape index (κ1) is 7.92. The number of anilines is 1. The standard InChI is InChI=1S/C11H12N2/c1-8(2)13-6-5-9-7-10(12)3-4-11(9)13/h3-7H,1,12H2,2H3. The molecule has 0 radical (unpaired) electrons. The lowest BCUT2D eigenvalue weighted by Gasteiger charge is -2.02. The molecule has 1 aromatic heterocycles. The summed E-state index contributed by atoms with van der Waals surface area (Å²) in [4.78, 5) is 0. The van der Waals surface area contributed by atoms with Gasteiger partial charge in [0.2, 0.25) is 0 Å². The monoisotopic (exact) mass is 172 g/mol. The van der Waals surface area contributed by atoms with Gasteiger partial charge in [0.25, 0.3) is 0 Å². The first-order valence-electron chi connectivity index (χ1n) is 4.21. The maximum absolute atomic E-state index is 5.68. The average Bonchev–Trinajstić information content (AvgIpc) is 2.46. The van der Waals surface area contributed by atoms with Gasteiger partial charge in [-0.25, -0.2) is 0 Å². The molecule has 2 rings (SSSR count). The molecule has 0 aliphatic rings. The molecule has 1 heterocycles. The van der Waals surface area contributed by atoms with E-state index in [2.05, 4.69) is 11.1 Å². The summed E-state index contributed by atoms with van der Waals surface area (Å²) < 4.78 is 2.05. The molecule has 2 heteroatoms. The molecule has 0 saturated heterocycles. The predicted octanol–water partition coefficient (Wildman–Crippen LogP) is 2.71. The lowest BCUT2D eigenvalue weighted by molar-refractivity contribution is 1.15. The van der Waals surface area contributed by atoms with E-state index in [4.69, 9.17) is 5.73 Å². The maximum atomic E-state index is 5.68. The van der Waals surface area contributed by atoms with E-state index in [0.717, 1.165) is 22.3 Å². The van der Waals surface area contributed by atoms with Crippen LogP contribution in [0, 0.1) is 0 Å². The van der Waals surface area contributed by atoms with Crippen molar-refractivity contribution < 1.29 is 0 Å². The van der Waals surface area contributed by atoms with Crippen molar-refractivity contribution in [2.75, 3.05) is 5.73 Å². The van der Waals surface area contributed by atoms with E-state index in [1.165, 1.54) is 0 Å². The van der Waals surface area contributed by atoms with Crippen molar-refractivity contribution in [1.29, 1.82) is 0 Å². The van der Waals surface area contributed by atoms with Gasteiger partial charge in [-0.1, -0.05) is 6.58 Å². The molecule has 0 aliphatic heterocycles. The zero-order valence-electron chi connectivity index (χ0n) is 7.62. The van der Waals surface area contributed by atoms with Crippen LogP contribution in [0.15, 0.2) is 37.0 Å². The van der Waals surface area contributed by atoms with Gasteiger partial charge in [-0.05, 0) is 31.2 Å². The summed E-state index contributed by atoms with van der Waals surface area (Å²) in [6, 6.07) is 7.93. The number of nitrogens with zero attached hydrogens (tertiary/aromatic N) is 1.